The number of rotatable bonds is 7. The first-order chi connectivity index (χ1) is 14.9. The monoisotopic (exact) mass is 576 g/mol. The van der Waals surface area contributed by atoms with E-state index in [4.69, 9.17) is 4.52 Å². The predicted molar refractivity (Wildman–Crippen MR) is 133 cm³/mol. The van der Waals surface area contributed by atoms with Crippen molar-refractivity contribution in [1.82, 2.24) is 19.7 Å². The van der Waals surface area contributed by atoms with Gasteiger partial charge in [-0.3, -0.25) is 9.79 Å². The fourth-order valence-electron chi connectivity index (χ4n) is 3.33. The zero-order chi connectivity index (χ0) is 22.3. The van der Waals surface area contributed by atoms with Gasteiger partial charge in [-0.05, 0) is 24.1 Å². The maximum atomic E-state index is 12.6. The molecule has 2 aromatic rings. The molecular formula is C20H29IN6O4S. The second-order valence-electron chi connectivity index (χ2n) is 7.14. The minimum absolute atomic E-state index is 0. The van der Waals surface area contributed by atoms with E-state index in [0.29, 0.717) is 37.8 Å². The lowest BCUT2D eigenvalue weighted by Crippen LogP contribution is -2.54. The first-order valence-electron chi connectivity index (χ1n) is 10.1. The number of sulfonamides is 1. The van der Waals surface area contributed by atoms with Crippen molar-refractivity contribution in [2.45, 2.75) is 19.1 Å². The molecule has 1 fully saturated rings. The fourth-order valence-corrected chi connectivity index (χ4v) is 4.76. The van der Waals surface area contributed by atoms with Crippen LogP contribution in [0.1, 0.15) is 18.2 Å². The average Bonchev–Trinajstić information content (AvgIpc) is 3.27. The van der Waals surface area contributed by atoms with E-state index in [9.17, 15) is 13.2 Å². The zero-order valence-corrected chi connectivity index (χ0v) is 21.3. The Morgan fingerprint density at radius 3 is 2.59 bits per heavy atom. The molecule has 1 aliphatic heterocycles. The molecular weight excluding hydrogens is 547 g/mol. The van der Waals surface area contributed by atoms with Crippen LogP contribution in [0.5, 0.6) is 0 Å². The molecule has 0 unspecified atom stereocenters. The van der Waals surface area contributed by atoms with Crippen molar-refractivity contribution < 1.29 is 17.7 Å². The quantitative estimate of drug-likeness (QED) is 0.292. The van der Waals surface area contributed by atoms with E-state index in [1.54, 1.807) is 13.1 Å². The molecule has 0 spiro atoms. The van der Waals surface area contributed by atoms with Gasteiger partial charge in [-0.2, -0.15) is 4.31 Å². The SMILES string of the molecule is CCc1cccc(NC(=O)CNC(=NC)N2CCN(S(=O)(=O)Cc3ccon3)CC2)c1.I. The van der Waals surface area contributed by atoms with E-state index >= 15 is 0 Å². The Bertz CT molecular complexity index is 1000. The van der Waals surface area contributed by atoms with Crippen molar-refractivity contribution >= 4 is 51.6 Å². The van der Waals surface area contributed by atoms with Gasteiger partial charge in [0.2, 0.25) is 15.9 Å². The van der Waals surface area contributed by atoms with Crippen LogP contribution in [-0.2, 0) is 27.0 Å². The summed E-state index contributed by atoms with van der Waals surface area (Å²) in [7, 11) is -1.83. The molecule has 2 heterocycles. The number of benzene rings is 1. The van der Waals surface area contributed by atoms with E-state index in [1.165, 1.54) is 10.6 Å². The van der Waals surface area contributed by atoms with Crippen LogP contribution >= 0.6 is 24.0 Å². The Labute approximate surface area is 205 Å². The molecule has 32 heavy (non-hydrogen) atoms. The Balaban J connectivity index is 0.00000363. The largest absolute Gasteiger partial charge is 0.364 e. The second kappa shape index (κ2) is 12.2. The van der Waals surface area contributed by atoms with Gasteiger partial charge in [-0.15, -0.1) is 24.0 Å². The number of guanidine groups is 1. The van der Waals surface area contributed by atoms with Gasteiger partial charge in [0.25, 0.3) is 0 Å². The fraction of sp³-hybridized carbons (Fsp3) is 0.450. The van der Waals surface area contributed by atoms with Gasteiger partial charge in [0.15, 0.2) is 5.96 Å². The molecule has 1 aliphatic rings. The number of hydrogen-bond donors (Lipinski definition) is 2. The summed E-state index contributed by atoms with van der Waals surface area (Å²) in [5, 5.41) is 9.60. The Morgan fingerprint density at radius 2 is 1.97 bits per heavy atom. The molecule has 10 nitrogen and oxygen atoms in total. The number of aromatic nitrogens is 1. The Hall–Kier alpha value is -2.19. The van der Waals surface area contributed by atoms with Crippen LogP contribution < -0.4 is 10.6 Å². The van der Waals surface area contributed by atoms with Crippen molar-refractivity contribution in [3.8, 4) is 0 Å². The summed E-state index contributed by atoms with van der Waals surface area (Å²) in [5.41, 5.74) is 2.29. The molecule has 1 aromatic carbocycles. The van der Waals surface area contributed by atoms with Gasteiger partial charge in [0.1, 0.15) is 12.0 Å². The number of nitrogens with one attached hydrogen (secondary N) is 2. The molecule has 0 bridgehead atoms. The molecule has 2 N–H and O–H groups in total. The lowest BCUT2D eigenvalue weighted by Gasteiger charge is -2.35. The second-order valence-corrected chi connectivity index (χ2v) is 9.10. The number of carbonyl (C=O) groups excluding carboxylic acids is 1. The first kappa shape index (κ1) is 26.1. The number of aliphatic imine (C=N–C) groups is 1. The normalized spacial score (nSPS) is 15.2. The topological polar surface area (TPSA) is 120 Å². The molecule has 1 saturated heterocycles. The van der Waals surface area contributed by atoms with E-state index in [1.807, 2.05) is 29.2 Å². The van der Waals surface area contributed by atoms with Crippen molar-refractivity contribution in [3.63, 3.8) is 0 Å². The molecule has 0 radical (unpaired) electrons. The summed E-state index contributed by atoms with van der Waals surface area (Å²) in [6.07, 6.45) is 2.25. The number of piperazine rings is 1. The summed E-state index contributed by atoms with van der Waals surface area (Å²) in [6.45, 7) is 3.73. The minimum atomic E-state index is -3.47. The number of nitrogens with zero attached hydrogens (tertiary/aromatic N) is 4. The lowest BCUT2D eigenvalue weighted by molar-refractivity contribution is -0.115. The van der Waals surface area contributed by atoms with Gasteiger partial charge in [-0.25, -0.2) is 8.42 Å². The van der Waals surface area contributed by atoms with Crippen molar-refractivity contribution in [2.75, 3.05) is 45.1 Å². The van der Waals surface area contributed by atoms with Crippen molar-refractivity contribution in [3.05, 3.63) is 47.9 Å². The van der Waals surface area contributed by atoms with Gasteiger partial charge < -0.3 is 20.1 Å². The molecule has 1 amide bonds. The highest BCUT2D eigenvalue weighted by Gasteiger charge is 2.29. The van der Waals surface area contributed by atoms with E-state index in [0.717, 1.165) is 17.7 Å². The van der Waals surface area contributed by atoms with Gasteiger partial charge in [0, 0.05) is 45.0 Å². The van der Waals surface area contributed by atoms with Crippen LogP contribution in [0.4, 0.5) is 5.69 Å². The summed E-state index contributed by atoms with van der Waals surface area (Å²) < 4.78 is 31.3. The van der Waals surface area contributed by atoms with Crippen LogP contribution in [-0.4, -0.2) is 74.4 Å². The molecule has 176 valence electrons. The van der Waals surface area contributed by atoms with Crippen LogP contribution in [0, 0.1) is 0 Å². The highest BCUT2D eigenvalue weighted by Crippen LogP contribution is 2.13. The highest BCUT2D eigenvalue weighted by molar-refractivity contribution is 14.0. The summed E-state index contributed by atoms with van der Waals surface area (Å²) >= 11 is 0. The van der Waals surface area contributed by atoms with Crippen LogP contribution in [0.25, 0.3) is 0 Å². The third-order valence-electron chi connectivity index (χ3n) is 4.99. The number of amides is 1. The van der Waals surface area contributed by atoms with Gasteiger partial charge >= 0.3 is 0 Å². The molecule has 0 saturated carbocycles. The molecule has 0 atom stereocenters. The van der Waals surface area contributed by atoms with Crippen molar-refractivity contribution in [1.29, 1.82) is 0 Å². The number of carbonyl (C=O) groups is 1. The highest BCUT2D eigenvalue weighted by atomic mass is 127. The van der Waals surface area contributed by atoms with Gasteiger partial charge in [0.05, 0.1) is 12.2 Å². The average molecular weight is 576 g/mol. The number of halogens is 1. The van der Waals surface area contributed by atoms with E-state index < -0.39 is 10.0 Å². The predicted octanol–water partition coefficient (Wildman–Crippen LogP) is 1.52. The molecule has 1 aromatic heterocycles. The maximum Gasteiger partial charge on any atom is 0.243 e. The number of aryl methyl sites for hydroxylation is 1. The van der Waals surface area contributed by atoms with Crippen molar-refractivity contribution in [2.24, 2.45) is 4.99 Å². The zero-order valence-electron chi connectivity index (χ0n) is 18.2. The molecule has 0 aliphatic carbocycles. The van der Waals surface area contributed by atoms with E-state index in [2.05, 4.69) is 27.7 Å². The number of anilines is 1. The summed E-state index contributed by atoms with van der Waals surface area (Å²) in [5.74, 6) is 0.199. The smallest absolute Gasteiger partial charge is 0.243 e. The first-order valence-corrected chi connectivity index (χ1v) is 11.7. The molecule has 3 rings (SSSR count). The standard InChI is InChI=1S/C20H28N6O4S.HI/c1-3-16-5-4-6-17(13-16)23-19(27)14-22-20(21-2)25-8-10-26(11-9-25)31(28,29)15-18-7-12-30-24-18;/h4-7,12-13H,3,8-11,14-15H2,1-2H3,(H,21,22)(H,23,27);1H. The summed E-state index contributed by atoms with van der Waals surface area (Å²) in [6, 6.07) is 9.28. The van der Waals surface area contributed by atoms with Gasteiger partial charge in [-0.1, -0.05) is 24.2 Å². The Kier molecular flexibility index (Phi) is 9.90. The lowest BCUT2D eigenvalue weighted by atomic mass is 10.1. The molecule has 12 heteroatoms. The third kappa shape index (κ3) is 7.17. The van der Waals surface area contributed by atoms with Crippen LogP contribution in [0.2, 0.25) is 0 Å². The number of hydrogen-bond acceptors (Lipinski definition) is 6. The third-order valence-corrected chi connectivity index (χ3v) is 6.80. The maximum absolute atomic E-state index is 12.6. The summed E-state index contributed by atoms with van der Waals surface area (Å²) in [4.78, 5) is 18.5. The van der Waals surface area contributed by atoms with Crippen LogP contribution in [0.15, 0.2) is 46.1 Å². The van der Waals surface area contributed by atoms with E-state index in [-0.39, 0.29) is 42.2 Å². The minimum Gasteiger partial charge on any atom is -0.364 e. The van der Waals surface area contributed by atoms with Crippen LogP contribution in [0.3, 0.4) is 0 Å². The Morgan fingerprint density at radius 1 is 1.22 bits per heavy atom.